The predicted octanol–water partition coefficient (Wildman–Crippen LogP) is 2.87. The molecule has 4 aliphatic carbocycles. The summed E-state index contributed by atoms with van der Waals surface area (Å²) in [6.45, 7) is 3.16. The number of hydrogen-bond donors (Lipinski definition) is 1. The van der Waals surface area contributed by atoms with Crippen molar-refractivity contribution < 1.29 is 0 Å². The van der Waals surface area contributed by atoms with Crippen molar-refractivity contribution in [3.63, 3.8) is 0 Å². The molecule has 0 heterocycles. The summed E-state index contributed by atoms with van der Waals surface area (Å²) in [5, 5.41) is 0. The summed E-state index contributed by atoms with van der Waals surface area (Å²) in [6.07, 6.45) is 10.5. The molecule has 4 aliphatic rings. The number of hydrogen-bond acceptors (Lipinski definition) is 2. The van der Waals surface area contributed by atoms with Gasteiger partial charge in [0.05, 0.1) is 0 Å². The maximum atomic E-state index is 6.10. The van der Waals surface area contributed by atoms with Crippen molar-refractivity contribution in [3.8, 4) is 0 Å². The van der Waals surface area contributed by atoms with Gasteiger partial charge in [0.15, 0.2) is 0 Å². The van der Waals surface area contributed by atoms with E-state index in [0.29, 0.717) is 5.41 Å². The van der Waals surface area contributed by atoms with E-state index in [9.17, 15) is 0 Å². The summed E-state index contributed by atoms with van der Waals surface area (Å²) in [5.41, 5.74) is 6.94. The zero-order chi connectivity index (χ0) is 13.0. The van der Waals surface area contributed by atoms with E-state index in [-0.39, 0.29) is 5.54 Å². The van der Waals surface area contributed by atoms with Gasteiger partial charge in [-0.1, -0.05) is 0 Å². The van der Waals surface area contributed by atoms with Gasteiger partial charge in [0.1, 0.15) is 0 Å². The maximum absolute atomic E-state index is 6.10. The Bertz CT molecular complexity index is 288. The summed E-state index contributed by atoms with van der Waals surface area (Å²) < 4.78 is 0. The van der Waals surface area contributed by atoms with E-state index in [2.05, 4.69) is 25.9 Å². The molecule has 0 aromatic rings. The number of nitrogens with zero attached hydrogens (tertiary/aromatic N) is 1. The summed E-state index contributed by atoms with van der Waals surface area (Å²) in [5.74, 6) is 3.17. The van der Waals surface area contributed by atoms with Crippen molar-refractivity contribution in [2.45, 2.75) is 57.4 Å². The minimum Gasteiger partial charge on any atom is -0.329 e. The van der Waals surface area contributed by atoms with Gasteiger partial charge in [0, 0.05) is 12.1 Å². The molecule has 0 spiro atoms. The lowest BCUT2D eigenvalue weighted by atomic mass is 9.47. The molecule has 4 bridgehead atoms. The molecule has 2 nitrogen and oxygen atoms in total. The third-order valence-corrected chi connectivity index (χ3v) is 6.44. The average molecular weight is 250 g/mol. The van der Waals surface area contributed by atoms with Crippen molar-refractivity contribution in [1.29, 1.82) is 0 Å². The van der Waals surface area contributed by atoms with Crippen LogP contribution in [0.1, 0.15) is 51.9 Å². The van der Waals surface area contributed by atoms with Crippen LogP contribution >= 0.6 is 0 Å². The van der Waals surface area contributed by atoms with Gasteiger partial charge in [-0.25, -0.2) is 0 Å². The molecule has 18 heavy (non-hydrogen) atoms. The van der Waals surface area contributed by atoms with Crippen molar-refractivity contribution >= 4 is 0 Å². The molecule has 0 radical (unpaired) electrons. The summed E-state index contributed by atoms with van der Waals surface area (Å²) >= 11 is 0. The Morgan fingerprint density at radius 2 is 1.50 bits per heavy atom. The molecule has 2 heteroatoms. The molecule has 4 saturated carbocycles. The molecule has 0 aliphatic heterocycles. The molecule has 1 unspecified atom stereocenters. The van der Waals surface area contributed by atoms with Crippen molar-refractivity contribution in [2.24, 2.45) is 28.9 Å². The summed E-state index contributed by atoms with van der Waals surface area (Å²) in [4.78, 5) is 2.37. The van der Waals surface area contributed by atoms with Gasteiger partial charge in [-0.05, 0) is 89.1 Å². The smallest absolute Gasteiger partial charge is 0.0302 e. The molecule has 0 aromatic carbocycles. The first-order valence-electron chi connectivity index (χ1n) is 7.82. The highest BCUT2D eigenvalue weighted by Gasteiger charge is 2.52. The monoisotopic (exact) mass is 250 g/mol. The molecular weight excluding hydrogens is 220 g/mol. The Hall–Kier alpha value is -0.0800. The number of rotatable bonds is 4. The fraction of sp³-hybridized carbons (Fsp3) is 1.00. The number of likely N-dealkylation sites (N-methyl/N-ethyl adjacent to an activating group) is 1. The maximum Gasteiger partial charge on any atom is 0.0302 e. The van der Waals surface area contributed by atoms with Crippen LogP contribution in [0.15, 0.2) is 0 Å². The molecule has 0 aromatic heterocycles. The van der Waals surface area contributed by atoms with Crippen LogP contribution in [0, 0.1) is 23.2 Å². The lowest BCUT2D eigenvalue weighted by Gasteiger charge is -2.59. The summed E-state index contributed by atoms with van der Waals surface area (Å²) in [7, 11) is 4.40. The van der Waals surface area contributed by atoms with E-state index in [1.165, 1.54) is 25.7 Å². The lowest BCUT2D eigenvalue weighted by molar-refractivity contribution is -0.0788. The SMILES string of the molecule is CN(C)C(C)(CN)CC12CC3CC(CC(C3)C1)C2. The van der Waals surface area contributed by atoms with Crippen LogP contribution in [0.2, 0.25) is 0 Å². The van der Waals surface area contributed by atoms with E-state index in [1.807, 2.05) is 0 Å². The number of nitrogens with two attached hydrogens (primary N) is 1. The van der Waals surface area contributed by atoms with Gasteiger partial charge in [-0.3, -0.25) is 0 Å². The molecule has 0 amide bonds. The zero-order valence-corrected chi connectivity index (χ0v) is 12.4. The topological polar surface area (TPSA) is 29.3 Å². The zero-order valence-electron chi connectivity index (χ0n) is 12.4. The van der Waals surface area contributed by atoms with Crippen LogP contribution in [-0.2, 0) is 0 Å². The Balaban J connectivity index is 1.79. The Labute approximate surface area is 112 Å². The molecule has 4 rings (SSSR count). The Morgan fingerprint density at radius 1 is 1.06 bits per heavy atom. The molecule has 2 N–H and O–H groups in total. The molecular formula is C16H30N2. The normalized spacial score (nSPS) is 45.5. The largest absolute Gasteiger partial charge is 0.329 e. The van der Waals surface area contributed by atoms with Crippen LogP contribution in [-0.4, -0.2) is 31.1 Å². The van der Waals surface area contributed by atoms with Gasteiger partial charge in [0.2, 0.25) is 0 Å². The molecule has 0 saturated heterocycles. The minimum absolute atomic E-state index is 0.200. The second-order valence-electron chi connectivity index (χ2n) is 8.19. The van der Waals surface area contributed by atoms with Gasteiger partial charge in [0.25, 0.3) is 0 Å². The highest BCUT2D eigenvalue weighted by atomic mass is 15.2. The molecule has 1 atom stereocenters. The average Bonchev–Trinajstić information content (AvgIpc) is 2.25. The molecule has 104 valence electrons. The predicted molar refractivity (Wildman–Crippen MR) is 76.4 cm³/mol. The minimum atomic E-state index is 0.200. The summed E-state index contributed by atoms with van der Waals surface area (Å²) in [6, 6.07) is 0. The molecule has 4 fully saturated rings. The standard InChI is InChI=1S/C16H30N2/c1-15(11-17,18(2)3)10-16-7-12-4-13(8-16)6-14(5-12)9-16/h12-14H,4-11,17H2,1-3H3. The van der Waals surface area contributed by atoms with E-state index in [0.717, 1.165) is 24.3 Å². The van der Waals surface area contributed by atoms with Crippen molar-refractivity contribution in [3.05, 3.63) is 0 Å². The van der Waals surface area contributed by atoms with E-state index in [4.69, 9.17) is 5.73 Å². The van der Waals surface area contributed by atoms with Crippen LogP contribution in [0.3, 0.4) is 0 Å². The fourth-order valence-corrected chi connectivity index (χ4v) is 5.73. The second kappa shape index (κ2) is 4.21. The van der Waals surface area contributed by atoms with Gasteiger partial charge < -0.3 is 10.6 Å². The van der Waals surface area contributed by atoms with Crippen molar-refractivity contribution in [1.82, 2.24) is 4.90 Å². The fourth-order valence-electron chi connectivity index (χ4n) is 5.73. The van der Waals surface area contributed by atoms with E-state index >= 15 is 0 Å². The van der Waals surface area contributed by atoms with Crippen LogP contribution in [0.5, 0.6) is 0 Å². The van der Waals surface area contributed by atoms with Gasteiger partial charge in [-0.2, -0.15) is 0 Å². The lowest BCUT2D eigenvalue weighted by Crippen LogP contribution is -2.55. The quantitative estimate of drug-likeness (QED) is 0.831. The highest BCUT2D eigenvalue weighted by Crippen LogP contribution is 2.62. The van der Waals surface area contributed by atoms with Crippen LogP contribution in [0.25, 0.3) is 0 Å². The first kappa shape index (κ1) is 12.9. The van der Waals surface area contributed by atoms with Crippen LogP contribution < -0.4 is 5.73 Å². The van der Waals surface area contributed by atoms with Crippen molar-refractivity contribution in [2.75, 3.05) is 20.6 Å². The third kappa shape index (κ3) is 2.02. The van der Waals surface area contributed by atoms with Gasteiger partial charge >= 0.3 is 0 Å². The van der Waals surface area contributed by atoms with E-state index in [1.54, 1.807) is 19.3 Å². The van der Waals surface area contributed by atoms with Gasteiger partial charge in [-0.15, -0.1) is 0 Å². The van der Waals surface area contributed by atoms with E-state index < -0.39 is 0 Å². The third-order valence-electron chi connectivity index (χ3n) is 6.44. The highest BCUT2D eigenvalue weighted by molar-refractivity contribution is 5.05. The first-order chi connectivity index (χ1) is 8.45. The van der Waals surface area contributed by atoms with Crippen LogP contribution in [0.4, 0.5) is 0 Å². The first-order valence-corrected chi connectivity index (χ1v) is 7.82. The Kier molecular flexibility index (Phi) is 3.02. The second-order valence-corrected chi connectivity index (χ2v) is 8.19. The Morgan fingerprint density at radius 3 is 1.83 bits per heavy atom.